The van der Waals surface area contributed by atoms with Gasteiger partial charge in [-0.25, -0.2) is 0 Å². The van der Waals surface area contributed by atoms with E-state index in [1.165, 1.54) is 38.5 Å². The highest BCUT2D eigenvalue weighted by Gasteiger charge is 2.45. The number of aliphatic hydroxyl groups is 1. The molecule has 0 aliphatic heterocycles. The largest absolute Gasteiger partial charge is 0.396 e. The molecular weight excluding hydrogens is 148 g/mol. The van der Waals surface area contributed by atoms with E-state index in [1.807, 2.05) is 0 Å². The van der Waals surface area contributed by atoms with Gasteiger partial charge >= 0.3 is 0 Å². The van der Waals surface area contributed by atoms with Gasteiger partial charge in [-0.15, -0.1) is 0 Å². The summed E-state index contributed by atoms with van der Waals surface area (Å²) in [6.45, 7) is 2.73. The number of hydrogen-bond acceptors (Lipinski definition) is 1. The van der Waals surface area contributed by atoms with E-state index in [-0.39, 0.29) is 5.41 Å². The molecule has 0 saturated heterocycles. The maximum atomic E-state index is 9.46. The lowest BCUT2D eigenvalue weighted by Gasteiger charge is -2.50. The van der Waals surface area contributed by atoms with Crippen LogP contribution in [0.25, 0.3) is 0 Å². The van der Waals surface area contributed by atoms with Crippen molar-refractivity contribution in [2.24, 2.45) is 17.3 Å². The number of aliphatic hydroxyl groups excluding tert-OH is 1. The van der Waals surface area contributed by atoms with E-state index in [0.717, 1.165) is 11.8 Å². The molecule has 0 aromatic rings. The Kier molecular flexibility index (Phi) is 2.16. The molecule has 2 rings (SSSR count). The summed E-state index contributed by atoms with van der Waals surface area (Å²) in [4.78, 5) is 0. The van der Waals surface area contributed by atoms with Crippen LogP contribution in [-0.4, -0.2) is 11.7 Å². The maximum Gasteiger partial charge on any atom is 0.0490 e. The van der Waals surface area contributed by atoms with Crippen molar-refractivity contribution in [3.8, 4) is 0 Å². The molecule has 1 N–H and O–H groups in total. The van der Waals surface area contributed by atoms with E-state index in [2.05, 4.69) is 6.92 Å². The quantitative estimate of drug-likeness (QED) is 0.638. The monoisotopic (exact) mass is 168 g/mol. The van der Waals surface area contributed by atoms with Crippen molar-refractivity contribution < 1.29 is 5.11 Å². The Labute approximate surface area is 75.2 Å². The average Bonchev–Trinajstić information content (AvgIpc) is 2.03. The van der Waals surface area contributed by atoms with Crippen molar-refractivity contribution >= 4 is 0 Å². The first-order valence-corrected chi connectivity index (χ1v) is 5.38. The molecular formula is C11H20O. The molecule has 70 valence electrons. The van der Waals surface area contributed by atoms with Gasteiger partial charge in [-0.3, -0.25) is 0 Å². The Morgan fingerprint density at radius 3 is 1.75 bits per heavy atom. The van der Waals surface area contributed by atoms with Crippen molar-refractivity contribution in [3.63, 3.8) is 0 Å². The third-order valence-electron chi connectivity index (χ3n) is 4.42. The Balaban J connectivity index is 2.18. The zero-order valence-corrected chi connectivity index (χ0v) is 8.05. The molecule has 2 bridgehead atoms. The number of rotatable bonds is 1. The average molecular weight is 168 g/mol. The predicted octanol–water partition coefficient (Wildman–Crippen LogP) is 2.59. The molecule has 1 heteroatoms. The molecule has 0 aromatic carbocycles. The lowest BCUT2D eigenvalue weighted by atomic mass is 9.56. The van der Waals surface area contributed by atoms with Crippen LogP contribution in [0.4, 0.5) is 0 Å². The van der Waals surface area contributed by atoms with Crippen LogP contribution in [0.15, 0.2) is 0 Å². The second-order valence-electron chi connectivity index (χ2n) is 4.92. The predicted molar refractivity (Wildman–Crippen MR) is 49.9 cm³/mol. The lowest BCUT2D eigenvalue weighted by Crippen LogP contribution is -2.44. The SMILES string of the molecule is CC1(CO)C2CCCC1CCC2. The third-order valence-corrected chi connectivity index (χ3v) is 4.42. The molecule has 12 heavy (non-hydrogen) atoms. The molecule has 2 aliphatic carbocycles. The van der Waals surface area contributed by atoms with Crippen LogP contribution >= 0.6 is 0 Å². The normalized spacial score (nSPS) is 47.5. The van der Waals surface area contributed by atoms with Crippen LogP contribution in [0.1, 0.15) is 45.4 Å². The molecule has 0 unspecified atom stereocenters. The van der Waals surface area contributed by atoms with E-state index in [0.29, 0.717) is 6.61 Å². The summed E-state index contributed by atoms with van der Waals surface area (Å²) in [7, 11) is 0. The van der Waals surface area contributed by atoms with Crippen LogP contribution in [-0.2, 0) is 0 Å². The highest BCUT2D eigenvalue weighted by atomic mass is 16.3. The fourth-order valence-corrected chi connectivity index (χ4v) is 3.42. The first-order valence-electron chi connectivity index (χ1n) is 5.38. The molecule has 0 atom stereocenters. The topological polar surface area (TPSA) is 20.2 Å². The van der Waals surface area contributed by atoms with Crippen molar-refractivity contribution in [1.29, 1.82) is 0 Å². The standard InChI is InChI=1S/C11H20O/c1-11(8-12)9-4-2-5-10(11)7-3-6-9/h9-10,12H,2-8H2,1H3. The molecule has 2 saturated carbocycles. The Morgan fingerprint density at radius 1 is 1.08 bits per heavy atom. The van der Waals surface area contributed by atoms with Crippen molar-refractivity contribution in [3.05, 3.63) is 0 Å². The Morgan fingerprint density at radius 2 is 1.50 bits per heavy atom. The summed E-state index contributed by atoms with van der Waals surface area (Å²) < 4.78 is 0. The van der Waals surface area contributed by atoms with Gasteiger partial charge < -0.3 is 5.11 Å². The summed E-state index contributed by atoms with van der Waals surface area (Å²) in [5, 5.41) is 9.46. The van der Waals surface area contributed by atoms with Crippen LogP contribution in [0.5, 0.6) is 0 Å². The van der Waals surface area contributed by atoms with Gasteiger partial charge in [-0.05, 0) is 42.9 Å². The molecule has 1 nitrogen and oxygen atoms in total. The highest BCUT2D eigenvalue weighted by molar-refractivity contribution is 4.95. The van der Waals surface area contributed by atoms with Gasteiger partial charge in [0.2, 0.25) is 0 Å². The van der Waals surface area contributed by atoms with Crippen LogP contribution < -0.4 is 0 Å². The first-order chi connectivity index (χ1) is 5.77. The minimum absolute atomic E-state index is 0.288. The van der Waals surface area contributed by atoms with Crippen molar-refractivity contribution in [2.75, 3.05) is 6.61 Å². The van der Waals surface area contributed by atoms with Crippen molar-refractivity contribution in [1.82, 2.24) is 0 Å². The molecule has 0 spiro atoms. The fourth-order valence-electron chi connectivity index (χ4n) is 3.42. The van der Waals surface area contributed by atoms with Gasteiger partial charge in [-0.2, -0.15) is 0 Å². The van der Waals surface area contributed by atoms with Gasteiger partial charge in [0.15, 0.2) is 0 Å². The molecule has 0 amide bonds. The molecule has 0 radical (unpaired) electrons. The number of hydrogen-bond donors (Lipinski definition) is 1. The molecule has 2 fully saturated rings. The zero-order valence-electron chi connectivity index (χ0n) is 8.05. The minimum Gasteiger partial charge on any atom is -0.396 e. The molecule has 0 heterocycles. The van der Waals surface area contributed by atoms with Crippen molar-refractivity contribution in [2.45, 2.75) is 45.4 Å². The van der Waals surface area contributed by atoms with E-state index in [4.69, 9.17) is 0 Å². The van der Waals surface area contributed by atoms with Crippen LogP contribution in [0.2, 0.25) is 0 Å². The van der Waals surface area contributed by atoms with E-state index in [1.54, 1.807) is 0 Å². The van der Waals surface area contributed by atoms with Gasteiger partial charge in [0.25, 0.3) is 0 Å². The van der Waals surface area contributed by atoms with Gasteiger partial charge in [0.1, 0.15) is 0 Å². The Bertz CT molecular complexity index is 142. The second-order valence-corrected chi connectivity index (χ2v) is 4.92. The molecule has 0 aromatic heterocycles. The molecule has 2 aliphatic rings. The lowest BCUT2D eigenvalue weighted by molar-refractivity contribution is -0.0462. The fraction of sp³-hybridized carbons (Fsp3) is 1.00. The summed E-state index contributed by atoms with van der Waals surface area (Å²) >= 11 is 0. The maximum absolute atomic E-state index is 9.46. The first kappa shape index (κ1) is 8.55. The highest BCUT2D eigenvalue weighted by Crippen LogP contribution is 2.52. The summed E-state index contributed by atoms with van der Waals surface area (Å²) in [5.74, 6) is 1.66. The smallest absolute Gasteiger partial charge is 0.0490 e. The summed E-state index contributed by atoms with van der Waals surface area (Å²) in [5.41, 5.74) is 0.288. The summed E-state index contributed by atoms with van der Waals surface area (Å²) in [6.07, 6.45) is 8.29. The van der Waals surface area contributed by atoms with E-state index in [9.17, 15) is 5.11 Å². The minimum atomic E-state index is 0.288. The second kappa shape index (κ2) is 3.02. The van der Waals surface area contributed by atoms with Crippen LogP contribution in [0.3, 0.4) is 0 Å². The van der Waals surface area contributed by atoms with Crippen LogP contribution in [0, 0.1) is 17.3 Å². The summed E-state index contributed by atoms with van der Waals surface area (Å²) in [6, 6.07) is 0. The van der Waals surface area contributed by atoms with Gasteiger partial charge in [0.05, 0.1) is 0 Å². The zero-order chi connectivity index (χ0) is 8.60. The third kappa shape index (κ3) is 1.10. The Hall–Kier alpha value is -0.0400. The van der Waals surface area contributed by atoms with E-state index < -0.39 is 0 Å². The van der Waals surface area contributed by atoms with Gasteiger partial charge in [-0.1, -0.05) is 19.8 Å². The van der Waals surface area contributed by atoms with E-state index >= 15 is 0 Å². The number of fused-ring (bicyclic) bond motifs is 2. The van der Waals surface area contributed by atoms with Gasteiger partial charge in [0, 0.05) is 6.61 Å².